The lowest BCUT2D eigenvalue weighted by Crippen LogP contribution is -2.26. The molecule has 0 radical (unpaired) electrons. The largest absolute Gasteiger partial charge is 0.481 e. The van der Waals surface area contributed by atoms with Gasteiger partial charge >= 0.3 is 5.97 Å². The van der Waals surface area contributed by atoms with E-state index >= 15 is 0 Å². The number of Topliss-reactive ketones (excluding diaryl/α,β-unsaturated/α-hetero) is 3. The minimum atomic E-state index is -0.711. The number of aliphatic carboxylic acids is 1. The minimum Gasteiger partial charge on any atom is -0.481 e. The molecule has 5 amide bonds. The molecule has 0 atom stereocenters. The molecule has 0 fully saturated rings. The molecule has 0 unspecified atom stereocenters. The Morgan fingerprint density at radius 3 is 0.828 bits per heavy atom. The molecule has 0 rings (SSSR count). The summed E-state index contributed by atoms with van der Waals surface area (Å²) in [6.45, 7) is 9.04. The monoisotopic (exact) mass is 841 g/mol. The first-order valence-corrected chi connectivity index (χ1v) is 19.5. The topological polar surface area (TPSA) is 336 Å². The minimum absolute atomic E-state index is 0.0248. The molecule has 58 heavy (non-hydrogen) atoms. The van der Waals surface area contributed by atoms with Crippen LogP contribution in [0.25, 0.3) is 0 Å². The summed E-state index contributed by atoms with van der Waals surface area (Å²) in [6, 6.07) is 0. The number of carbonyl (C=O) groups excluding carboxylic acids is 8. The maximum Gasteiger partial charge on any atom is 0.303 e. The van der Waals surface area contributed by atoms with Gasteiger partial charge in [-0.3, -0.25) is 43.2 Å². The Hall–Kier alpha value is -4.37. The zero-order chi connectivity index (χ0) is 47.2. The molecule has 0 heterocycles. The fourth-order valence-corrected chi connectivity index (χ4v) is 2.83. The van der Waals surface area contributed by atoms with Crippen molar-refractivity contribution >= 4 is 52.9 Å². The summed E-state index contributed by atoms with van der Waals surface area (Å²) in [4.78, 5) is 93.8. The van der Waals surface area contributed by atoms with Gasteiger partial charge in [0.2, 0.25) is 29.5 Å². The van der Waals surface area contributed by atoms with Crippen LogP contribution in [0, 0.1) is 0 Å². The Morgan fingerprint density at radius 1 is 0.397 bits per heavy atom. The van der Waals surface area contributed by atoms with Gasteiger partial charge in [-0.15, -0.1) is 0 Å². The number of ketones is 3. The van der Waals surface area contributed by atoms with Crippen molar-refractivity contribution in [1.29, 1.82) is 0 Å². The predicted molar refractivity (Wildman–Crippen MR) is 232 cm³/mol. The first-order valence-electron chi connectivity index (χ1n) is 19.5. The second-order valence-corrected chi connectivity index (χ2v) is 11.2. The first kappa shape index (κ1) is 71.3. The normalized spacial score (nSPS) is 8.53. The zero-order valence-corrected chi connectivity index (χ0v) is 37.9. The van der Waals surface area contributed by atoms with E-state index in [1.165, 1.54) is 33.4 Å². The molecule has 0 aromatic rings. The van der Waals surface area contributed by atoms with E-state index in [-0.39, 0.29) is 85.7 Å². The highest BCUT2D eigenvalue weighted by atomic mass is 16.4. The van der Waals surface area contributed by atoms with Crippen molar-refractivity contribution in [1.82, 2.24) is 37.2 Å². The number of likely N-dealkylation sites (N-methyl/N-ethyl adjacent to an activating group) is 3. The quantitative estimate of drug-likeness (QED) is 0.0695. The Bertz CT molecular complexity index is 960. The van der Waals surface area contributed by atoms with Gasteiger partial charge in [0, 0.05) is 86.6 Å². The van der Waals surface area contributed by atoms with Gasteiger partial charge in [-0.1, -0.05) is 47.0 Å². The molecular weight excluding hydrogens is 756 g/mol. The number of unbranched alkanes of at least 4 members (excludes halogenated alkanes) is 2. The first-order chi connectivity index (χ1) is 27.4. The van der Waals surface area contributed by atoms with E-state index in [4.69, 9.17) is 16.6 Å². The fourth-order valence-electron chi connectivity index (χ4n) is 2.83. The van der Waals surface area contributed by atoms with Crippen LogP contribution in [0.15, 0.2) is 0 Å². The number of nitrogens with one attached hydrogen (secondary N) is 7. The van der Waals surface area contributed by atoms with E-state index in [0.29, 0.717) is 38.8 Å². The van der Waals surface area contributed by atoms with Gasteiger partial charge in [0.05, 0.1) is 26.2 Å². The van der Waals surface area contributed by atoms with E-state index in [1.54, 1.807) is 42.3 Å². The molecule has 0 aliphatic carbocycles. The van der Waals surface area contributed by atoms with E-state index in [9.17, 15) is 43.2 Å². The summed E-state index contributed by atoms with van der Waals surface area (Å²) < 4.78 is 0. The van der Waals surface area contributed by atoms with Crippen LogP contribution in [-0.2, 0) is 43.2 Å². The van der Waals surface area contributed by atoms with Crippen LogP contribution in [-0.4, -0.2) is 141 Å². The molecule has 20 heteroatoms. The molecule has 0 aromatic carbocycles. The molecule has 0 bridgehead atoms. The highest BCUT2D eigenvalue weighted by molar-refractivity contribution is 5.87. The van der Waals surface area contributed by atoms with Crippen molar-refractivity contribution in [2.24, 2.45) is 17.2 Å². The van der Waals surface area contributed by atoms with Crippen LogP contribution in [0.2, 0.25) is 0 Å². The smallest absolute Gasteiger partial charge is 0.303 e. The number of hydrogen-bond donors (Lipinski definition) is 11. The van der Waals surface area contributed by atoms with E-state index in [0.717, 1.165) is 12.8 Å². The molecular formula is C38H84N10O10. The second kappa shape index (κ2) is 64.5. The summed E-state index contributed by atoms with van der Waals surface area (Å²) in [5, 5.41) is 25.6. The lowest BCUT2D eigenvalue weighted by Gasteiger charge is -1.98. The van der Waals surface area contributed by atoms with Crippen molar-refractivity contribution in [3.8, 4) is 0 Å². The molecule has 0 aliphatic heterocycles. The molecule has 0 saturated carbocycles. The summed E-state index contributed by atoms with van der Waals surface area (Å²) in [6.07, 6.45) is 8.39. The van der Waals surface area contributed by atoms with Crippen LogP contribution < -0.4 is 54.4 Å². The second-order valence-electron chi connectivity index (χ2n) is 11.2. The molecule has 346 valence electrons. The van der Waals surface area contributed by atoms with Gasteiger partial charge in [0.25, 0.3) is 0 Å². The summed E-state index contributed by atoms with van der Waals surface area (Å²) >= 11 is 0. The number of carboxylic acid groups (broad SMARTS) is 1. The number of rotatable bonds is 21. The van der Waals surface area contributed by atoms with Crippen LogP contribution >= 0.6 is 0 Å². The maximum absolute atomic E-state index is 10.8. The van der Waals surface area contributed by atoms with Crippen molar-refractivity contribution in [3.63, 3.8) is 0 Å². The van der Waals surface area contributed by atoms with Crippen LogP contribution in [0.5, 0.6) is 0 Å². The Labute approximate surface area is 348 Å². The number of amides is 5. The number of hydrogen-bond acceptors (Lipinski definition) is 14. The average Bonchev–Trinajstić information content (AvgIpc) is 3.23. The molecule has 14 N–H and O–H groups in total. The van der Waals surface area contributed by atoms with E-state index in [2.05, 4.69) is 56.8 Å². The summed E-state index contributed by atoms with van der Waals surface area (Å²) in [5.41, 5.74) is 14.4. The number of carboxylic acids is 1. The third kappa shape index (κ3) is 88.7. The van der Waals surface area contributed by atoms with Crippen molar-refractivity contribution < 1.29 is 48.3 Å². The Morgan fingerprint density at radius 2 is 0.690 bits per heavy atom. The van der Waals surface area contributed by atoms with Gasteiger partial charge in [0.15, 0.2) is 0 Å². The average molecular weight is 841 g/mol. The van der Waals surface area contributed by atoms with Gasteiger partial charge in [0.1, 0.15) is 17.3 Å². The molecule has 0 spiro atoms. The van der Waals surface area contributed by atoms with Gasteiger partial charge in [-0.2, -0.15) is 0 Å². The van der Waals surface area contributed by atoms with Crippen molar-refractivity contribution in [2.45, 2.75) is 111 Å². The number of carbonyl (C=O) groups is 9. The van der Waals surface area contributed by atoms with Crippen LogP contribution in [0.4, 0.5) is 0 Å². The molecule has 0 aromatic heterocycles. The molecule has 0 aliphatic rings. The van der Waals surface area contributed by atoms with Crippen molar-refractivity contribution in [3.05, 3.63) is 0 Å². The standard InChI is InChI=1S/2C7H14N2O2.C6H12N2O2.C5H11NO.C5H12.C4H8O2.C3H8N2O.CH5N/c2*1-8-5-6(10)3-4-7(11)9-2;1-8-6(10)3-2-5(9)4-7;1-3-4-5(7)6-2;1-3-5-4-2;1-2-3-4(5)6;1-5-3(6)2-4;1-2/h2*8H,3-5H2,1-2H3,(H,9,11);2-4,7H2,1H3,(H,8,10);3-4H2,1-2H3,(H,6,7);3-5H2,1-2H3;2-3H2,1H3,(H,5,6);2,4H2,1H3,(H,5,6);2H2,1H3. The van der Waals surface area contributed by atoms with Crippen LogP contribution in [0.1, 0.15) is 111 Å². The SMILES string of the molecule is CCCC(=O)NC.CCCC(=O)O.CCCCC.CN.CNC(=O)CCC(=O)CN.CNC(=O)CN.CNCC(=O)CCC(=O)NC.CNCC(=O)CCC(=O)NC. The summed E-state index contributed by atoms with van der Waals surface area (Å²) in [5.74, 6) is -0.962. The maximum atomic E-state index is 10.8. The Kier molecular flexibility index (Phi) is 79.4. The lowest BCUT2D eigenvalue weighted by molar-refractivity contribution is -0.137. The Balaban J connectivity index is -0.0000000847. The highest BCUT2D eigenvalue weighted by Crippen LogP contribution is 1.91. The molecule has 20 nitrogen and oxygen atoms in total. The predicted octanol–water partition coefficient (Wildman–Crippen LogP) is -0.491. The molecule has 0 saturated heterocycles. The van der Waals surface area contributed by atoms with E-state index in [1.807, 2.05) is 13.8 Å². The summed E-state index contributed by atoms with van der Waals surface area (Å²) in [7, 11) is 12.8. The van der Waals surface area contributed by atoms with Crippen LogP contribution in [0.3, 0.4) is 0 Å². The third-order valence-electron chi connectivity index (χ3n) is 6.10. The van der Waals surface area contributed by atoms with Gasteiger partial charge in [-0.25, -0.2) is 0 Å². The zero-order valence-electron chi connectivity index (χ0n) is 37.9. The number of nitrogens with two attached hydrogens (primary N) is 3. The third-order valence-corrected chi connectivity index (χ3v) is 6.10. The van der Waals surface area contributed by atoms with E-state index < -0.39 is 5.97 Å². The lowest BCUT2D eigenvalue weighted by atomic mass is 10.2. The highest BCUT2D eigenvalue weighted by Gasteiger charge is 2.04. The van der Waals surface area contributed by atoms with Crippen molar-refractivity contribution in [2.75, 3.05) is 82.6 Å². The van der Waals surface area contributed by atoms with Gasteiger partial charge in [-0.05, 0) is 34.0 Å². The van der Waals surface area contributed by atoms with Gasteiger partial charge < -0.3 is 59.5 Å². The fraction of sp³-hybridized carbons (Fsp3) is 0.763.